The summed E-state index contributed by atoms with van der Waals surface area (Å²) in [6.45, 7) is -0.707. The van der Waals surface area contributed by atoms with Gasteiger partial charge in [-0.2, -0.15) is 0 Å². The number of aromatic hydroxyl groups is 2. The SMILES string of the molecule is O=C(C[C@@H](Cc1ccc(O)c(O)c1)C(=O)O)OC1O[C@H](CO)[C@@H](O)[C@H](O)[C@H]1O. The van der Waals surface area contributed by atoms with Gasteiger partial charge < -0.3 is 45.2 Å². The molecule has 0 radical (unpaired) electrons. The Balaban J connectivity index is 2.01. The minimum atomic E-state index is -1.79. The molecule has 0 saturated carbocycles. The van der Waals surface area contributed by atoms with Gasteiger partial charge in [0.2, 0.25) is 6.29 Å². The topological polar surface area (TPSA) is 194 Å². The molecule has 1 aromatic rings. The molecule has 0 aliphatic carbocycles. The van der Waals surface area contributed by atoms with Crippen LogP contribution in [0, 0.1) is 5.92 Å². The van der Waals surface area contributed by atoms with E-state index in [9.17, 15) is 40.2 Å². The van der Waals surface area contributed by atoms with Crippen molar-refractivity contribution in [3.63, 3.8) is 0 Å². The van der Waals surface area contributed by atoms with Crippen LogP contribution in [0.2, 0.25) is 0 Å². The highest BCUT2D eigenvalue weighted by Crippen LogP contribution is 2.27. The number of esters is 1. The summed E-state index contributed by atoms with van der Waals surface area (Å²) in [6, 6.07) is 3.72. The van der Waals surface area contributed by atoms with E-state index in [1.54, 1.807) is 0 Å². The minimum Gasteiger partial charge on any atom is -0.504 e. The third-order valence-corrected chi connectivity index (χ3v) is 4.38. The van der Waals surface area contributed by atoms with E-state index in [-0.39, 0.29) is 12.2 Å². The fourth-order valence-electron chi connectivity index (χ4n) is 2.77. The summed E-state index contributed by atoms with van der Waals surface area (Å²) in [5, 5.41) is 66.4. The summed E-state index contributed by atoms with van der Waals surface area (Å²) >= 11 is 0. The number of carboxylic acids is 1. The highest BCUT2D eigenvalue weighted by Gasteiger charge is 2.45. The molecule has 6 atom stereocenters. The number of phenols is 2. The third-order valence-electron chi connectivity index (χ3n) is 4.38. The first-order chi connectivity index (χ1) is 13.1. The van der Waals surface area contributed by atoms with Crippen molar-refractivity contribution in [3.05, 3.63) is 23.8 Å². The summed E-state index contributed by atoms with van der Waals surface area (Å²) in [5.74, 6) is -4.44. The number of carbonyl (C=O) groups excluding carboxylic acids is 1. The molecule has 1 unspecified atom stereocenters. The van der Waals surface area contributed by atoms with Crippen LogP contribution in [0.25, 0.3) is 0 Å². The molecule has 0 spiro atoms. The van der Waals surface area contributed by atoms with Gasteiger partial charge in [-0.25, -0.2) is 0 Å². The average molecular weight is 402 g/mol. The number of rotatable bonds is 7. The van der Waals surface area contributed by atoms with Crippen LogP contribution < -0.4 is 0 Å². The Kier molecular flexibility index (Phi) is 7.16. The summed E-state index contributed by atoms with van der Waals surface area (Å²) in [5.41, 5.74) is 0.350. The lowest BCUT2D eigenvalue weighted by Crippen LogP contribution is -2.59. The third kappa shape index (κ3) is 5.09. The van der Waals surface area contributed by atoms with Crippen LogP contribution in [0.3, 0.4) is 0 Å². The largest absolute Gasteiger partial charge is 0.504 e. The predicted molar refractivity (Wildman–Crippen MR) is 89.1 cm³/mol. The van der Waals surface area contributed by atoms with Crippen LogP contribution >= 0.6 is 0 Å². The molecule has 0 amide bonds. The molecule has 11 heteroatoms. The molecule has 1 saturated heterocycles. The molecule has 28 heavy (non-hydrogen) atoms. The Labute approximate surface area is 159 Å². The predicted octanol–water partition coefficient (Wildman–Crippen LogP) is -1.93. The number of aliphatic carboxylic acids is 1. The first kappa shape index (κ1) is 21.9. The molecular weight excluding hydrogens is 380 g/mol. The number of benzene rings is 1. The maximum Gasteiger partial charge on any atom is 0.309 e. The van der Waals surface area contributed by atoms with Gasteiger partial charge in [-0.05, 0) is 24.1 Å². The molecule has 1 aliphatic rings. The second kappa shape index (κ2) is 9.17. The number of aliphatic hydroxyl groups excluding tert-OH is 4. The molecule has 1 heterocycles. The van der Waals surface area contributed by atoms with Gasteiger partial charge in [0, 0.05) is 0 Å². The molecule has 1 aliphatic heterocycles. The number of ether oxygens (including phenoxy) is 2. The molecule has 0 bridgehead atoms. The fraction of sp³-hybridized carbons (Fsp3) is 0.529. The smallest absolute Gasteiger partial charge is 0.309 e. The molecular formula is C17H22O11. The molecule has 1 fully saturated rings. The van der Waals surface area contributed by atoms with Crippen LogP contribution in [0.4, 0.5) is 0 Å². The van der Waals surface area contributed by atoms with Crippen molar-refractivity contribution in [3.8, 4) is 11.5 Å². The number of phenolic OH excluding ortho intramolecular Hbond substituents is 2. The Morgan fingerprint density at radius 3 is 2.32 bits per heavy atom. The first-order valence-electron chi connectivity index (χ1n) is 8.37. The summed E-state index contributed by atoms with van der Waals surface area (Å²) in [6.07, 6.45) is -8.90. The maximum atomic E-state index is 12.1. The normalized spacial score (nSPS) is 28.5. The second-order valence-corrected chi connectivity index (χ2v) is 6.45. The first-order valence-corrected chi connectivity index (χ1v) is 8.37. The average Bonchev–Trinajstić information content (AvgIpc) is 2.64. The van der Waals surface area contributed by atoms with Gasteiger partial charge in [0.15, 0.2) is 11.5 Å². The number of hydrogen-bond acceptors (Lipinski definition) is 10. The summed E-state index contributed by atoms with van der Waals surface area (Å²) < 4.78 is 9.90. The van der Waals surface area contributed by atoms with Crippen molar-refractivity contribution in [2.24, 2.45) is 5.92 Å². The Bertz CT molecular complexity index is 704. The Hall–Kier alpha value is -2.44. The van der Waals surface area contributed by atoms with Gasteiger partial charge in [-0.3, -0.25) is 9.59 Å². The highest BCUT2D eigenvalue weighted by molar-refractivity contribution is 5.79. The second-order valence-electron chi connectivity index (χ2n) is 6.45. The lowest BCUT2D eigenvalue weighted by Gasteiger charge is -2.39. The highest BCUT2D eigenvalue weighted by atomic mass is 16.7. The van der Waals surface area contributed by atoms with Crippen molar-refractivity contribution >= 4 is 11.9 Å². The van der Waals surface area contributed by atoms with Crippen molar-refractivity contribution in [2.45, 2.75) is 43.5 Å². The lowest BCUT2D eigenvalue weighted by atomic mass is 9.96. The summed E-state index contributed by atoms with van der Waals surface area (Å²) in [7, 11) is 0. The van der Waals surface area contributed by atoms with E-state index >= 15 is 0 Å². The van der Waals surface area contributed by atoms with Crippen LogP contribution in [0.15, 0.2) is 18.2 Å². The van der Waals surface area contributed by atoms with Gasteiger partial charge >= 0.3 is 11.9 Å². The monoisotopic (exact) mass is 402 g/mol. The van der Waals surface area contributed by atoms with Gasteiger partial charge in [0.25, 0.3) is 0 Å². The van der Waals surface area contributed by atoms with E-state index in [1.807, 2.05) is 0 Å². The zero-order valence-corrected chi connectivity index (χ0v) is 14.6. The van der Waals surface area contributed by atoms with Crippen LogP contribution in [0.1, 0.15) is 12.0 Å². The van der Waals surface area contributed by atoms with Gasteiger partial charge in [-0.1, -0.05) is 6.07 Å². The van der Waals surface area contributed by atoms with E-state index in [4.69, 9.17) is 14.6 Å². The van der Waals surface area contributed by atoms with Crippen LogP contribution in [0.5, 0.6) is 11.5 Å². The number of carbonyl (C=O) groups is 2. The molecule has 1 aromatic carbocycles. The molecule has 7 N–H and O–H groups in total. The Morgan fingerprint density at radius 1 is 1.07 bits per heavy atom. The zero-order chi connectivity index (χ0) is 21.0. The lowest BCUT2D eigenvalue weighted by molar-refractivity contribution is -0.292. The van der Waals surface area contributed by atoms with Crippen LogP contribution in [-0.2, 0) is 25.5 Å². The molecule has 0 aromatic heterocycles. The maximum absolute atomic E-state index is 12.1. The van der Waals surface area contributed by atoms with Crippen molar-refractivity contribution < 1.29 is 54.8 Å². The molecule has 156 valence electrons. The van der Waals surface area contributed by atoms with E-state index in [0.29, 0.717) is 5.56 Å². The van der Waals surface area contributed by atoms with Crippen molar-refractivity contribution in [2.75, 3.05) is 6.61 Å². The van der Waals surface area contributed by atoms with E-state index in [2.05, 4.69) is 0 Å². The van der Waals surface area contributed by atoms with Gasteiger partial charge in [-0.15, -0.1) is 0 Å². The van der Waals surface area contributed by atoms with Gasteiger partial charge in [0.05, 0.1) is 18.9 Å². The minimum absolute atomic E-state index is 0.160. The van der Waals surface area contributed by atoms with E-state index in [0.717, 1.165) is 6.07 Å². The number of hydrogen-bond donors (Lipinski definition) is 7. The summed E-state index contributed by atoms with van der Waals surface area (Å²) in [4.78, 5) is 23.5. The molecule has 2 rings (SSSR count). The quantitative estimate of drug-likeness (QED) is 0.198. The molecule has 11 nitrogen and oxygen atoms in total. The number of carboxylic acid groups (broad SMARTS) is 1. The standard InChI is InChI=1S/C17H22O11/c18-6-11-13(22)14(23)15(24)17(27-11)28-12(21)5-8(16(25)26)3-7-1-2-9(19)10(20)4-7/h1-2,4,8,11,13-15,17-20,22-24H,3,5-6H2,(H,25,26)/t8-,11-,13-,14+,15-,17?/m1/s1. The van der Waals surface area contributed by atoms with Gasteiger partial charge in [0.1, 0.15) is 24.4 Å². The zero-order valence-electron chi connectivity index (χ0n) is 14.6. The van der Waals surface area contributed by atoms with Crippen LogP contribution in [-0.4, -0.2) is 85.0 Å². The Morgan fingerprint density at radius 2 is 1.75 bits per heavy atom. The van der Waals surface area contributed by atoms with E-state index in [1.165, 1.54) is 12.1 Å². The van der Waals surface area contributed by atoms with Crippen molar-refractivity contribution in [1.29, 1.82) is 0 Å². The van der Waals surface area contributed by atoms with E-state index < -0.39 is 67.3 Å². The number of aliphatic hydroxyl groups is 4. The van der Waals surface area contributed by atoms with Crippen molar-refractivity contribution in [1.82, 2.24) is 0 Å². The fourth-order valence-corrected chi connectivity index (χ4v) is 2.77.